The van der Waals surface area contributed by atoms with Crippen molar-refractivity contribution in [2.24, 2.45) is 11.3 Å². The van der Waals surface area contributed by atoms with Crippen molar-refractivity contribution in [3.8, 4) is 11.1 Å². The van der Waals surface area contributed by atoms with Gasteiger partial charge in [0.2, 0.25) is 5.91 Å². The SMILES string of the molecule is CCC1(C(=O)O)CCN(C(=O)C[C@@H](NC(=O)OCC2c3ccccc3-c3ccccc32)C(C)C)C1. The molecule has 1 aliphatic carbocycles. The van der Waals surface area contributed by atoms with Gasteiger partial charge in [-0.05, 0) is 41.0 Å². The molecule has 35 heavy (non-hydrogen) atoms. The molecule has 4 rings (SSSR count). The van der Waals surface area contributed by atoms with Crippen LogP contribution in [0.25, 0.3) is 11.1 Å². The van der Waals surface area contributed by atoms with Gasteiger partial charge in [-0.2, -0.15) is 0 Å². The van der Waals surface area contributed by atoms with E-state index in [-0.39, 0.29) is 37.3 Å². The van der Waals surface area contributed by atoms with Crippen LogP contribution in [0.15, 0.2) is 48.5 Å². The van der Waals surface area contributed by atoms with Crippen LogP contribution in [0.4, 0.5) is 4.79 Å². The first-order valence-corrected chi connectivity index (χ1v) is 12.4. The van der Waals surface area contributed by atoms with Gasteiger partial charge in [0.25, 0.3) is 0 Å². The van der Waals surface area contributed by atoms with Crippen molar-refractivity contribution in [2.45, 2.75) is 52.0 Å². The van der Waals surface area contributed by atoms with Gasteiger partial charge in [0, 0.05) is 31.5 Å². The second-order valence-electron chi connectivity index (χ2n) is 10.0. The molecule has 0 spiro atoms. The number of carbonyl (C=O) groups excluding carboxylic acids is 2. The fraction of sp³-hybridized carbons (Fsp3) is 0.464. The fourth-order valence-electron chi connectivity index (χ4n) is 5.26. The summed E-state index contributed by atoms with van der Waals surface area (Å²) >= 11 is 0. The summed E-state index contributed by atoms with van der Waals surface area (Å²) in [4.78, 5) is 39.0. The number of rotatable bonds is 8. The number of carboxylic acids is 1. The Kier molecular flexibility index (Phi) is 7.15. The molecule has 2 atom stereocenters. The third-order valence-electron chi connectivity index (χ3n) is 7.68. The van der Waals surface area contributed by atoms with Crippen LogP contribution in [0.1, 0.15) is 57.1 Å². The van der Waals surface area contributed by atoms with E-state index in [2.05, 4.69) is 29.6 Å². The maximum atomic E-state index is 13.0. The van der Waals surface area contributed by atoms with Gasteiger partial charge >= 0.3 is 12.1 Å². The smallest absolute Gasteiger partial charge is 0.407 e. The lowest BCUT2D eigenvalue weighted by molar-refractivity contribution is -0.148. The zero-order chi connectivity index (χ0) is 25.2. The van der Waals surface area contributed by atoms with Gasteiger partial charge < -0.3 is 20.1 Å². The van der Waals surface area contributed by atoms with E-state index >= 15 is 0 Å². The normalized spacial score (nSPS) is 19.8. The van der Waals surface area contributed by atoms with E-state index in [1.165, 1.54) is 0 Å². The standard InChI is InChI=1S/C28H34N2O5/c1-4-28(26(32)33)13-14-30(17-28)25(31)15-24(18(2)3)29-27(34)35-16-23-21-11-7-5-9-19(21)20-10-6-8-12-22(20)23/h5-12,18,23-24H,4,13-17H2,1-3H3,(H,29,34)(H,32,33)/t24-,28?/m1/s1. The van der Waals surface area contributed by atoms with Crippen LogP contribution in [-0.2, 0) is 14.3 Å². The van der Waals surface area contributed by atoms with E-state index < -0.39 is 23.5 Å². The highest BCUT2D eigenvalue weighted by Crippen LogP contribution is 2.44. The molecule has 1 heterocycles. The summed E-state index contributed by atoms with van der Waals surface area (Å²) in [5.74, 6) is -1.01. The van der Waals surface area contributed by atoms with Gasteiger partial charge in [-0.3, -0.25) is 9.59 Å². The number of hydrogen-bond donors (Lipinski definition) is 2. The molecule has 1 saturated heterocycles. The van der Waals surface area contributed by atoms with Gasteiger partial charge in [0.15, 0.2) is 0 Å². The highest BCUT2D eigenvalue weighted by Gasteiger charge is 2.45. The largest absolute Gasteiger partial charge is 0.481 e. The predicted octanol–water partition coefficient (Wildman–Crippen LogP) is 4.65. The quantitative estimate of drug-likeness (QED) is 0.576. The number of alkyl carbamates (subject to hydrolysis) is 1. The summed E-state index contributed by atoms with van der Waals surface area (Å²) in [7, 11) is 0. The van der Waals surface area contributed by atoms with Gasteiger partial charge in [-0.25, -0.2) is 4.79 Å². The van der Waals surface area contributed by atoms with Gasteiger partial charge in [0.05, 0.1) is 5.41 Å². The van der Waals surface area contributed by atoms with Crippen LogP contribution in [0.3, 0.4) is 0 Å². The predicted molar refractivity (Wildman–Crippen MR) is 133 cm³/mol. The number of aliphatic carboxylic acids is 1. The third-order valence-corrected chi connectivity index (χ3v) is 7.68. The number of likely N-dealkylation sites (tertiary alicyclic amines) is 1. The van der Waals surface area contributed by atoms with E-state index in [0.29, 0.717) is 19.4 Å². The van der Waals surface area contributed by atoms with Crippen LogP contribution in [0, 0.1) is 11.3 Å². The van der Waals surface area contributed by atoms with Crippen molar-refractivity contribution in [1.82, 2.24) is 10.2 Å². The fourth-order valence-corrected chi connectivity index (χ4v) is 5.26. The Balaban J connectivity index is 1.36. The number of nitrogens with one attached hydrogen (secondary N) is 1. The van der Waals surface area contributed by atoms with Gasteiger partial charge in [-0.15, -0.1) is 0 Å². The van der Waals surface area contributed by atoms with Crippen molar-refractivity contribution < 1.29 is 24.2 Å². The molecule has 186 valence electrons. The third kappa shape index (κ3) is 4.90. The molecule has 2 N–H and O–H groups in total. The molecule has 0 saturated carbocycles. The Morgan fingerprint density at radius 2 is 1.69 bits per heavy atom. The van der Waals surface area contributed by atoms with Crippen molar-refractivity contribution >= 4 is 18.0 Å². The number of benzene rings is 2. The lowest BCUT2D eigenvalue weighted by Gasteiger charge is -2.26. The molecule has 2 amide bonds. The number of nitrogens with zero attached hydrogens (tertiary/aromatic N) is 1. The number of ether oxygens (including phenoxy) is 1. The maximum absolute atomic E-state index is 13.0. The average molecular weight is 479 g/mol. The van der Waals surface area contributed by atoms with E-state index in [1.54, 1.807) is 4.90 Å². The first-order valence-electron chi connectivity index (χ1n) is 12.4. The molecule has 1 fully saturated rings. The van der Waals surface area contributed by atoms with Crippen LogP contribution in [0.5, 0.6) is 0 Å². The minimum absolute atomic E-state index is 0.0115. The number of carbonyl (C=O) groups is 3. The van der Waals surface area contributed by atoms with Crippen molar-refractivity contribution in [3.05, 3.63) is 59.7 Å². The molecule has 2 aromatic carbocycles. The summed E-state index contributed by atoms with van der Waals surface area (Å²) in [5, 5.41) is 12.5. The topological polar surface area (TPSA) is 95.9 Å². The Bertz CT molecular complexity index is 1070. The van der Waals surface area contributed by atoms with Crippen LogP contribution < -0.4 is 5.32 Å². The lowest BCUT2D eigenvalue weighted by atomic mass is 9.84. The monoisotopic (exact) mass is 478 g/mol. The molecule has 2 aromatic rings. The Labute approximate surface area is 206 Å². The highest BCUT2D eigenvalue weighted by atomic mass is 16.5. The number of hydrogen-bond acceptors (Lipinski definition) is 4. The lowest BCUT2D eigenvalue weighted by Crippen LogP contribution is -2.44. The zero-order valence-corrected chi connectivity index (χ0v) is 20.6. The summed E-state index contributed by atoms with van der Waals surface area (Å²) in [6.45, 7) is 6.58. The maximum Gasteiger partial charge on any atom is 0.407 e. The Morgan fingerprint density at radius 1 is 1.09 bits per heavy atom. The molecule has 1 aliphatic heterocycles. The molecule has 1 unspecified atom stereocenters. The van der Waals surface area contributed by atoms with Gasteiger partial charge in [0.1, 0.15) is 6.61 Å². The number of fused-ring (bicyclic) bond motifs is 3. The zero-order valence-electron chi connectivity index (χ0n) is 20.6. The molecule has 0 bridgehead atoms. The minimum Gasteiger partial charge on any atom is -0.481 e. The minimum atomic E-state index is -0.872. The second kappa shape index (κ2) is 10.1. The first-order chi connectivity index (χ1) is 16.8. The molecular formula is C28H34N2O5. The van der Waals surface area contributed by atoms with Crippen molar-refractivity contribution in [3.63, 3.8) is 0 Å². The van der Waals surface area contributed by atoms with Crippen LogP contribution in [0.2, 0.25) is 0 Å². The molecule has 7 heteroatoms. The summed E-state index contributed by atoms with van der Waals surface area (Å²) in [6, 6.07) is 15.9. The second-order valence-corrected chi connectivity index (χ2v) is 10.0. The van der Waals surface area contributed by atoms with Crippen LogP contribution >= 0.6 is 0 Å². The van der Waals surface area contributed by atoms with E-state index in [0.717, 1.165) is 22.3 Å². The molecule has 2 aliphatic rings. The van der Waals surface area contributed by atoms with Crippen molar-refractivity contribution in [2.75, 3.05) is 19.7 Å². The summed E-state index contributed by atoms with van der Waals surface area (Å²) < 4.78 is 5.66. The van der Waals surface area contributed by atoms with E-state index in [1.807, 2.05) is 45.0 Å². The molecule has 7 nitrogen and oxygen atoms in total. The number of carboxylic acid groups (broad SMARTS) is 1. The Hall–Kier alpha value is -3.35. The molecular weight excluding hydrogens is 444 g/mol. The highest BCUT2D eigenvalue weighted by molar-refractivity contribution is 5.82. The molecule has 0 aromatic heterocycles. The summed E-state index contributed by atoms with van der Waals surface area (Å²) in [6.07, 6.45) is 0.503. The average Bonchev–Trinajstić information content (AvgIpc) is 3.43. The van der Waals surface area contributed by atoms with E-state index in [9.17, 15) is 19.5 Å². The van der Waals surface area contributed by atoms with Gasteiger partial charge in [-0.1, -0.05) is 69.3 Å². The summed E-state index contributed by atoms with van der Waals surface area (Å²) in [5.41, 5.74) is 3.74. The van der Waals surface area contributed by atoms with Crippen LogP contribution in [-0.4, -0.2) is 53.7 Å². The Morgan fingerprint density at radius 3 is 2.20 bits per heavy atom. The first kappa shape index (κ1) is 24.8. The van der Waals surface area contributed by atoms with Crippen molar-refractivity contribution in [1.29, 1.82) is 0 Å². The number of amides is 2. The molecule has 0 radical (unpaired) electrons. The van der Waals surface area contributed by atoms with E-state index in [4.69, 9.17) is 4.74 Å².